The van der Waals surface area contributed by atoms with Crippen LogP contribution in [-0.4, -0.2) is 98.6 Å². The molecule has 2 aromatic carbocycles. The maximum atomic E-state index is 17.2. The van der Waals surface area contributed by atoms with Gasteiger partial charge in [-0.2, -0.15) is 9.97 Å². The van der Waals surface area contributed by atoms with Crippen LogP contribution in [0.2, 0.25) is 0 Å². The van der Waals surface area contributed by atoms with E-state index in [1.807, 2.05) is 4.90 Å². The minimum Gasteiger partial charge on any atom is -0.508 e. The fraction of sp³-hybridized carbons (Fsp3) is 0.543. The summed E-state index contributed by atoms with van der Waals surface area (Å²) in [6.07, 6.45) is 19.1. The normalized spacial score (nSPS) is 20.1. The van der Waals surface area contributed by atoms with Crippen molar-refractivity contribution in [2.45, 2.75) is 128 Å². The first-order chi connectivity index (χ1) is 29.1. The number of carbonyl (C=O) groups excluding carboxylic acids is 2. The van der Waals surface area contributed by atoms with Crippen molar-refractivity contribution < 1.29 is 37.7 Å². The Labute approximate surface area is 349 Å². The number of fused-ring (bicyclic) bond motifs is 5. The highest BCUT2D eigenvalue weighted by Crippen LogP contribution is 2.42. The quantitative estimate of drug-likeness (QED) is 0.0535. The SMILES string of the molecule is C#Cc1c(F)ccc2cc(O)cc(-c3ncc4c(N5CC6CCC(C5)N6C(=O)OC(C)OC(=O)CCCCCCCCC)nc(OCC56CCCN5CCC6)nc4c3F)c12. The van der Waals surface area contributed by atoms with Gasteiger partial charge < -0.3 is 24.2 Å². The highest BCUT2D eigenvalue weighted by atomic mass is 19.1. The van der Waals surface area contributed by atoms with Crippen molar-refractivity contribution >= 4 is 39.6 Å². The van der Waals surface area contributed by atoms with Crippen molar-refractivity contribution in [3.8, 4) is 35.4 Å². The van der Waals surface area contributed by atoms with E-state index < -0.39 is 24.0 Å². The van der Waals surface area contributed by atoms with Gasteiger partial charge in [0.2, 0.25) is 6.29 Å². The Kier molecular flexibility index (Phi) is 12.3. The van der Waals surface area contributed by atoms with Crippen molar-refractivity contribution in [3.63, 3.8) is 0 Å². The number of hydrogen-bond acceptors (Lipinski definition) is 11. The molecule has 2 bridgehead atoms. The molecule has 6 heterocycles. The second-order valence-electron chi connectivity index (χ2n) is 16.9. The first-order valence-corrected chi connectivity index (χ1v) is 21.7. The van der Waals surface area contributed by atoms with Gasteiger partial charge >= 0.3 is 18.1 Å². The number of carbonyl (C=O) groups is 2. The number of terminal acetylenes is 1. The Hall–Kier alpha value is -5.29. The van der Waals surface area contributed by atoms with E-state index >= 15 is 8.78 Å². The van der Waals surface area contributed by atoms with Crippen molar-refractivity contribution in [1.82, 2.24) is 24.8 Å². The molecule has 0 aliphatic carbocycles. The molecule has 4 fully saturated rings. The van der Waals surface area contributed by atoms with Crippen LogP contribution in [-0.2, 0) is 14.3 Å². The maximum absolute atomic E-state index is 17.2. The molecule has 3 unspecified atom stereocenters. The van der Waals surface area contributed by atoms with Gasteiger partial charge in [0.05, 0.1) is 28.6 Å². The van der Waals surface area contributed by atoms with Gasteiger partial charge in [-0.25, -0.2) is 13.6 Å². The minimum atomic E-state index is -1.03. The molecule has 4 aromatic rings. The summed E-state index contributed by atoms with van der Waals surface area (Å²) in [6, 6.07) is 4.96. The number of pyridine rings is 1. The molecular weight excluding hydrogens is 771 g/mol. The number of aromatic nitrogens is 3. The molecule has 4 saturated heterocycles. The molecule has 318 valence electrons. The highest BCUT2D eigenvalue weighted by Gasteiger charge is 2.46. The summed E-state index contributed by atoms with van der Waals surface area (Å²) >= 11 is 0. The molecule has 3 atom stereocenters. The summed E-state index contributed by atoms with van der Waals surface area (Å²) in [5.74, 6) is 0.785. The van der Waals surface area contributed by atoms with Crippen molar-refractivity contribution in [3.05, 3.63) is 47.7 Å². The Morgan fingerprint density at radius 3 is 2.43 bits per heavy atom. The number of piperazine rings is 1. The Morgan fingerprint density at radius 1 is 1.00 bits per heavy atom. The molecule has 0 radical (unpaired) electrons. The zero-order valence-corrected chi connectivity index (χ0v) is 34.6. The molecule has 0 saturated carbocycles. The van der Waals surface area contributed by atoms with Crippen LogP contribution < -0.4 is 9.64 Å². The minimum absolute atomic E-state index is 0.0131. The lowest BCUT2D eigenvalue weighted by Crippen LogP contribution is -2.56. The van der Waals surface area contributed by atoms with Crippen LogP contribution in [0, 0.1) is 24.0 Å². The zero-order chi connectivity index (χ0) is 42.0. The number of anilines is 1. The van der Waals surface area contributed by atoms with Gasteiger partial charge in [-0.3, -0.25) is 19.6 Å². The molecule has 1 amide bonds. The van der Waals surface area contributed by atoms with Crippen LogP contribution in [0.1, 0.15) is 109 Å². The molecule has 4 aliphatic heterocycles. The predicted octanol–water partition coefficient (Wildman–Crippen LogP) is 8.64. The first-order valence-electron chi connectivity index (χ1n) is 21.7. The third-order valence-electron chi connectivity index (χ3n) is 12.9. The fourth-order valence-electron chi connectivity index (χ4n) is 10.00. The van der Waals surface area contributed by atoms with Gasteiger partial charge in [0.15, 0.2) is 5.82 Å². The third-order valence-corrected chi connectivity index (χ3v) is 12.9. The summed E-state index contributed by atoms with van der Waals surface area (Å²) in [4.78, 5) is 46.4. The average Bonchev–Trinajstić information content (AvgIpc) is 3.90. The van der Waals surface area contributed by atoms with Crippen molar-refractivity contribution in [2.24, 2.45) is 0 Å². The smallest absolute Gasteiger partial charge is 0.413 e. The van der Waals surface area contributed by atoms with Crippen LogP contribution in [0.3, 0.4) is 0 Å². The predicted molar refractivity (Wildman–Crippen MR) is 224 cm³/mol. The first kappa shape index (κ1) is 41.4. The monoisotopic (exact) mass is 824 g/mol. The number of benzene rings is 2. The molecule has 12 nitrogen and oxygen atoms in total. The molecule has 14 heteroatoms. The summed E-state index contributed by atoms with van der Waals surface area (Å²) in [5.41, 5.74) is -0.294. The van der Waals surface area contributed by atoms with Crippen LogP contribution in [0.25, 0.3) is 32.9 Å². The zero-order valence-electron chi connectivity index (χ0n) is 34.6. The second-order valence-corrected chi connectivity index (χ2v) is 16.9. The summed E-state index contributed by atoms with van der Waals surface area (Å²) in [6.45, 7) is 6.84. The van der Waals surface area contributed by atoms with Crippen LogP contribution in [0.4, 0.5) is 19.4 Å². The molecule has 60 heavy (non-hydrogen) atoms. The average molecular weight is 825 g/mol. The topological polar surface area (TPSA) is 130 Å². The number of esters is 1. The number of rotatable bonds is 15. The number of nitrogens with zero attached hydrogens (tertiary/aromatic N) is 6. The molecule has 1 N–H and O–H groups in total. The lowest BCUT2D eigenvalue weighted by atomic mass is 9.95. The lowest BCUT2D eigenvalue weighted by molar-refractivity contribution is -0.166. The lowest BCUT2D eigenvalue weighted by Gasteiger charge is -2.41. The summed E-state index contributed by atoms with van der Waals surface area (Å²) < 4.78 is 49.7. The van der Waals surface area contributed by atoms with Crippen LogP contribution >= 0.6 is 0 Å². The van der Waals surface area contributed by atoms with E-state index in [1.165, 1.54) is 56.1 Å². The molecule has 2 aromatic heterocycles. The Morgan fingerprint density at radius 2 is 1.72 bits per heavy atom. The van der Waals surface area contributed by atoms with Crippen molar-refractivity contribution in [2.75, 3.05) is 37.7 Å². The number of amides is 1. The number of unbranched alkanes of at least 4 members (excludes halogenated alkanes) is 6. The number of phenolic OH excluding ortho intramolecular Hbond substituents is 1. The summed E-state index contributed by atoms with van der Waals surface area (Å²) in [5, 5.41) is 11.7. The van der Waals surface area contributed by atoms with Crippen LogP contribution in [0.5, 0.6) is 11.8 Å². The van der Waals surface area contributed by atoms with Gasteiger partial charge in [0, 0.05) is 43.6 Å². The fourth-order valence-corrected chi connectivity index (χ4v) is 10.00. The van der Waals surface area contributed by atoms with Gasteiger partial charge in [0.25, 0.3) is 0 Å². The standard InChI is InChI=1S/C46H54F2N6O6/c1-4-6-7-8-9-10-11-14-38(56)59-29(3)60-45(57)54-31-16-17-32(54)27-52(26-31)43-36-25-49-41(35-24-33(55)23-30-15-18-37(47)34(5-2)39(30)35)40(48)42(36)50-44(51-43)58-28-46-19-12-21-53(46)22-13-20-46/h2,15,18,23-25,29,31-32,55H,4,6-14,16-17,19-22,26-28H2,1,3H3. The number of aromatic hydroxyl groups is 1. The largest absolute Gasteiger partial charge is 0.508 e. The molecular formula is C46H54F2N6O6. The number of hydrogen-bond donors (Lipinski definition) is 1. The number of phenols is 1. The van der Waals surface area contributed by atoms with Crippen LogP contribution in [0.15, 0.2) is 30.5 Å². The van der Waals surface area contributed by atoms with E-state index in [0.29, 0.717) is 49.1 Å². The summed E-state index contributed by atoms with van der Waals surface area (Å²) in [7, 11) is 0. The second kappa shape index (κ2) is 17.7. The van der Waals surface area contributed by atoms with Gasteiger partial charge in [-0.15, -0.1) is 6.42 Å². The molecule has 0 spiro atoms. The number of halogens is 2. The van der Waals surface area contributed by atoms with E-state index in [0.717, 1.165) is 58.0 Å². The highest BCUT2D eigenvalue weighted by molar-refractivity contribution is 6.03. The van der Waals surface area contributed by atoms with Gasteiger partial charge in [-0.05, 0) is 81.6 Å². The maximum Gasteiger partial charge on any atom is 0.413 e. The van der Waals surface area contributed by atoms with E-state index in [-0.39, 0.29) is 69.5 Å². The Balaban J connectivity index is 1.05. The van der Waals surface area contributed by atoms with Crippen molar-refractivity contribution in [1.29, 1.82) is 0 Å². The van der Waals surface area contributed by atoms with E-state index in [4.69, 9.17) is 25.6 Å². The molecule has 4 aliphatic rings. The van der Waals surface area contributed by atoms with E-state index in [2.05, 4.69) is 27.7 Å². The third kappa shape index (κ3) is 8.25. The Bertz CT molecular complexity index is 2280. The van der Waals surface area contributed by atoms with Gasteiger partial charge in [0.1, 0.15) is 35.2 Å². The van der Waals surface area contributed by atoms with E-state index in [9.17, 15) is 14.7 Å². The number of ether oxygens (including phenoxy) is 3. The van der Waals surface area contributed by atoms with E-state index in [1.54, 1.807) is 11.8 Å². The van der Waals surface area contributed by atoms with Gasteiger partial charge in [-0.1, -0.05) is 57.4 Å². The molecule has 8 rings (SSSR count).